The minimum Gasteiger partial charge on any atom is -0.492 e. The molecule has 0 saturated carbocycles. The minimum absolute atomic E-state index is 0.0595. The zero-order chi connectivity index (χ0) is 25.0. The van der Waals surface area contributed by atoms with Crippen molar-refractivity contribution < 1.29 is 17.9 Å². The van der Waals surface area contributed by atoms with Gasteiger partial charge in [-0.3, -0.25) is 4.79 Å². The number of rotatable bonds is 7. The predicted molar refractivity (Wildman–Crippen MR) is 138 cm³/mol. The Kier molecular flexibility index (Phi) is 7.57. The fraction of sp³-hybridized carbons (Fsp3) is 0.321. The van der Waals surface area contributed by atoms with Crippen molar-refractivity contribution in [3.63, 3.8) is 0 Å². The molecule has 4 rings (SSSR count). The first-order valence-electron chi connectivity index (χ1n) is 12.0. The lowest BCUT2D eigenvalue weighted by atomic mass is 10.1. The second-order valence-electron chi connectivity index (χ2n) is 8.96. The van der Waals surface area contributed by atoms with Gasteiger partial charge in [0, 0.05) is 31.3 Å². The summed E-state index contributed by atoms with van der Waals surface area (Å²) in [5.74, 6) is 0.616. The molecule has 35 heavy (non-hydrogen) atoms. The Hall–Kier alpha value is -3.16. The first kappa shape index (κ1) is 24.9. The molecule has 0 atom stereocenters. The van der Waals surface area contributed by atoms with Crippen molar-refractivity contribution in [3.8, 4) is 5.75 Å². The van der Waals surface area contributed by atoms with Gasteiger partial charge in [0.05, 0.1) is 11.4 Å². The van der Waals surface area contributed by atoms with E-state index in [-0.39, 0.29) is 25.6 Å². The quantitative estimate of drug-likeness (QED) is 0.461. The minimum atomic E-state index is -3.67. The number of anilines is 1. The van der Waals surface area contributed by atoms with Crippen LogP contribution in [0.5, 0.6) is 5.75 Å². The Labute approximate surface area is 208 Å². The molecule has 0 unspecified atom stereocenters. The van der Waals surface area contributed by atoms with Crippen molar-refractivity contribution in [3.05, 3.63) is 89.0 Å². The largest absolute Gasteiger partial charge is 0.492 e. The van der Waals surface area contributed by atoms with Gasteiger partial charge in [0.2, 0.25) is 15.9 Å². The molecular formula is C28H32N2O4S. The van der Waals surface area contributed by atoms with Crippen LogP contribution in [0.2, 0.25) is 0 Å². The lowest BCUT2D eigenvalue weighted by molar-refractivity contribution is -0.116. The average Bonchev–Trinajstić information content (AvgIpc) is 3.06. The molecule has 7 heteroatoms. The van der Waals surface area contributed by atoms with E-state index < -0.39 is 10.0 Å². The summed E-state index contributed by atoms with van der Waals surface area (Å²) in [6, 6.07) is 20.7. The molecule has 1 aliphatic heterocycles. The van der Waals surface area contributed by atoms with Crippen molar-refractivity contribution in [1.29, 1.82) is 0 Å². The third kappa shape index (κ3) is 5.74. The van der Waals surface area contributed by atoms with E-state index in [0.29, 0.717) is 17.2 Å². The Bertz CT molecular complexity index is 1290. The maximum atomic E-state index is 13.4. The zero-order valence-corrected chi connectivity index (χ0v) is 21.3. The topological polar surface area (TPSA) is 66.9 Å². The highest BCUT2D eigenvalue weighted by Crippen LogP contribution is 2.29. The molecule has 0 saturated heterocycles. The van der Waals surface area contributed by atoms with Crippen LogP contribution >= 0.6 is 0 Å². The van der Waals surface area contributed by atoms with Crippen LogP contribution in [0.3, 0.4) is 0 Å². The second kappa shape index (κ2) is 10.6. The molecular weight excluding hydrogens is 460 g/mol. The van der Waals surface area contributed by atoms with E-state index in [9.17, 15) is 13.2 Å². The lowest BCUT2D eigenvalue weighted by Crippen LogP contribution is -2.32. The summed E-state index contributed by atoms with van der Waals surface area (Å²) < 4.78 is 34.2. The van der Waals surface area contributed by atoms with E-state index in [1.165, 1.54) is 4.31 Å². The molecule has 1 heterocycles. The number of carbonyl (C=O) groups excluding carboxylic acids is 1. The molecule has 184 valence electrons. The molecule has 0 N–H and O–H groups in total. The number of benzene rings is 3. The predicted octanol–water partition coefficient (Wildman–Crippen LogP) is 5.08. The molecule has 0 spiro atoms. The highest BCUT2D eigenvalue weighted by atomic mass is 32.2. The van der Waals surface area contributed by atoms with E-state index in [1.54, 1.807) is 24.0 Å². The van der Waals surface area contributed by atoms with Crippen LogP contribution in [0.4, 0.5) is 5.69 Å². The van der Waals surface area contributed by atoms with E-state index in [0.717, 1.165) is 40.8 Å². The van der Waals surface area contributed by atoms with Gasteiger partial charge in [-0.05, 0) is 60.9 Å². The summed E-state index contributed by atoms with van der Waals surface area (Å²) in [7, 11) is -3.67. The first-order valence-corrected chi connectivity index (χ1v) is 13.4. The number of hydrogen-bond acceptors (Lipinski definition) is 4. The normalized spacial score (nSPS) is 14.0. The first-order chi connectivity index (χ1) is 16.8. The van der Waals surface area contributed by atoms with Crippen LogP contribution < -0.4 is 9.64 Å². The Morgan fingerprint density at radius 2 is 1.69 bits per heavy atom. The molecule has 0 radical (unpaired) electrons. The molecule has 3 aromatic carbocycles. The van der Waals surface area contributed by atoms with Crippen LogP contribution in [-0.4, -0.2) is 31.8 Å². The molecule has 0 aromatic heterocycles. The highest BCUT2D eigenvalue weighted by Gasteiger charge is 2.28. The smallest absolute Gasteiger partial charge is 0.243 e. The number of hydrogen-bond donors (Lipinski definition) is 0. The molecule has 3 aromatic rings. The van der Waals surface area contributed by atoms with Gasteiger partial charge in [0.15, 0.2) is 0 Å². The molecule has 0 fully saturated rings. The van der Waals surface area contributed by atoms with Crippen molar-refractivity contribution in [2.75, 3.05) is 18.1 Å². The van der Waals surface area contributed by atoms with Crippen LogP contribution in [-0.2, 0) is 34.3 Å². The van der Waals surface area contributed by atoms with Gasteiger partial charge < -0.3 is 9.64 Å². The molecule has 1 aliphatic rings. The van der Waals surface area contributed by atoms with Crippen LogP contribution in [0.25, 0.3) is 0 Å². The van der Waals surface area contributed by atoms with Gasteiger partial charge >= 0.3 is 0 Å². The van der Waals surface area contributed by atoms with Crippen LogP contribution in [0, 0.1) is 6.92 Å². The SMILES string of the molecule is CCCc1ccc(S(=O)(=O)N2CCOc3ccc(CN(C(C)=O)c4ccc(C)cc4)cc3C2)cc1. The highest BCUT2D eigenvalue weighted by molar-refractivity contribution is 7.89. The average molecular weight is 493 g/mol. The van der Waals surface area contributed by atoms with Gasteiger partial charge in [-0.15, -0.1) is 0 Å². The molecule has 0 bridgehead atoms. The summed E-state index contributed by atoms with van der Waals surface area (Å²) >= 11 is 0. The maximum absolute atomic E-state index is 13.4. The van der Waals surface area contributed by atoms with Gasteiger partial charge in [-0.25, -0.2) is 8.42 Å². The number of aryl methyl sites for hydroxylation is 2. The maximum Gasteiger partial charge on any atom is 0.243 e. The fourth-order valence-corrected chi connectivity index (χ4v) is 5.69. The van der Waals surface area contributed by atoms with Crippen LogP contribution in [0.15, 0.2) is 71.6 Å². The van der Waals surface area contributed by atoms with E-state index in [4.69, 9.17) is 4.74 Å². The van der Waals surface area contributed by atoms with E-state index in [2.05, 4.69) is 6.92 Å². The molecule has 6 nitrogen and oxygen atoms in total. The summed E-state index contributed by atoms with van der Waals surface area (Å²) in [5, 5.41) is 0. The van der Waals surface area contributed by atoms with Crippen molar-refractivity contribution in [2.24, 2.45) is 0 Å². The van der Waals surface area contributed by atoms with Gasteiger partial charge in [-0.2, -0.15) is 4.31 Å². The van der Waals surface area contributed by atoms with Gasteiger partial charge in [0.1, 0.15) is 12.4 Å². The molecule has 0 aliphatic carbocycles. The van der Waals surface area contributed by atoms with Crippen molar-refractivity contribution in [1.82, 2.24) is 4.31 Å². The summed E-state index contributed by atoms with van der Waals surface area (Å²) in [4.78, 5) is 14.4. The summed E-state index contributed by atoms with van der Waals surface area (Å²) in [6.45, 7) is 6.81. The lowest BCUT2D eigenvalue weighted by Gasteiger charge is -2.23. The van der Waals surface area contributed by atoms with E-state index >= 15 is 0 Å². The summed E-state index contributed by atoms with van der Waals surface area (Å²) in [6.07, 6.45) is 1.94. The second-order valence-corrected chi connectivity index (χ2v) is 10.9. The third-order valence-corrected chi connectivity index (χ3v) is 8.10. The fourth-order valence-electron chi connectivity index (χ4n) is 4.28. The number of sulfonamides is 1. The van der Waals surface area contributed by atoms with Crippen molar-refractivity contribution in [2.45, 2.75) is 51.6 Å². The number of ether oxygens (including phenoxy) is 1. The van der Waals surface area contributed by atoms with Crippen molar-refractivity contribution >= 4 is 21.6 Å². The number of nitrogens with zero attached hydrogens (tertiary/aromatic N) is 2. The third-order valence-electron chi connectivity index (χ3n) is 6.24. The molecule has 1 amide bonds. The monoisotopic (exact) mass is 492 g/mol. The Morgan fingerprint density at radius 1 is 1.00 bits per heavy atom. The summed E-state index contributed by atoms with van der Waals surface area (Å²) in [5.41, 5.74) is 4.78. The standard InChI is InChI=1S/C28H32N2O4S/c1-4-5-23-8-13-27(14-9-23)35(32,33)29-16-17-34-28-15-10-24(18-25(28)20-29)19-30(22(3)31)26-11-6-21(2)7-12-26/h6-15,18H,4-5,16-17,19-20H2,1-3H3. The Morgan fingerprint density at radius 3 is 2.34 bits per heavy atom. The number of carbonyl (C=O) groups is 1. The Balaban J connectivity index is 1.58. The van der Waals surface area contributed by atoms with Crippen LogP contribution in [0.1, 0.15) is 42.5 Å². The zero-order valence-electron chi connectivity index (χ0n) is 20.5. The van der Waals surface area contributed by atoms with Gasteiger partial charge in [0.25, 0.3) is 0 Å². The number of amides is 1. The number of fused-ring (bicyclic) bond motifs is 1. The van der Waals surface area contributed by atoms with E-state index in [1.807, 2.05) is 61.5 Å². The van der Waals surface area contributed by atoms with Gasteiger partial charge in [-0.1, -0.05) is 49.2 Å².